The third kappa shape index (κ3) is 2.93. The van der Waals surface area contributed by atoms with Crippen LogP contribution in [0.15, 0.2) is 64.6 Å². The highest BCUT2D eigenvalue weighted by Gasteiger charge is 2.13. The molecule has 0 amide bonds. The number of fused-ring (bicyclic) bond motifs is 1. The molecule has 0 unspecified atom stereocenters. The predicted octanol–water partition coefficient (Wildman–Crippen LogP) is 4.41. The highest BCUT2D eigenvalue weighted by atomic mass is 35.5. The van der Waals surface area contributed by atoms with Crippen LogP contribution in [0.5, 0.6) is 0 Å². The number of benzene rings is 2. The van der Waals surface area contributed by atoms with Crippen molar-refractivity contribution in [2.45, 2.75) is 9.92 Å². The number of nitrogens with zero attached hydrogens (tertiary/aromatic N) is 3. The summed E-state index contributed by atoms with van der Waals surface area (Å²) in [6, 6.07) is 15.4. The van der Waals surface area contributed by atoms with E-state index in [-0.39, 0.29) is 0 Å². The summed E-state index contributed by atoms with van der Waals surface area (Å²) in [5, 5.41) is 1.41. The van der Waals surface area contributed by atoms with Gasteiger partial charge in [-0.05, 0) is 30.3 Å². The summed E-state index contributed by atoms with van der Waals surface area (Å²) in [6.07, 6.45) is 1.65. The minimum Gasteiger partial charge on any atom is -0.382 e. The molecule has 2 aromatic heterocycles. The molecule has 0 bridgehead atoms. The maximum Gasteiger partial charge on any atom is 0.161 e. The first-order valence-electron chi connectivity index (χ1n) is 7.20. The lowest BCUT2D eigenvalue weighted by molar-refractivity contribution is 1.05. The van der Waals surface area contributed by atoms with E-state index in [2.05, 4.69) is 19.9 Å². The van der Waals surface area contributed by atoms with Crippen LogP contribution in [0, 0.1) is 0 Å². The molecule has 7 heteroatoms. The van der Waals surface area contributed by atoms with Gasteiger partial charge in [-0.2, -0.15) is 0 Å². The molecule has 0 fully saturated rings. The molecule has 2 heterocycles. The number of hydrogen-bond acceptors (Lipinski definition) is 5. The number of nitrogens with one attached hydrogen (secondary N) is 1. The number of hydrogen-bond donors (Lipinski definition) is 2. The van der Waals surface area contributed by atoms with Crippen molar-refractivity contribution in [3.63, 3.8) is 0 Å². The van der Waals surface area contributed by atoms with Crippen LogP contribution in [-0.2, 0) is 0 Å². The summed E-state index contributed by atoms with van der Waals surface area (Å²) in [7, 11) is 0. The van der Waals surface area contributed by atoms with Crippen LogP contribution in [-0.4, -0.2) is 19.9 Å². The Balaban J connectivity index is 1.73. The fraction of sp³-hybridized carbons (Fsp3) is 0. The van der Waals surface area contributed by atoms with Gasteiger partial charge in [-0.1, -0.05) is 41.6 Å². The van der Waals surface area contributed by atoms with Crippen LogP contribution >= 0.6 is 23.4 Å². The zero-order valence-electron chi connectivity index (χ0n) is 12.4. The molecular formula is C17H12ClN5S. The summed E-state index contributed by atoms with van der Waals surface area (Å²) < 4.78 is 0. The van der Waals surface area contributed by atoms with E-state index in [1.807, 2.05) is 48.5 Å². The molecule has 0 saturated heterocycles. The molecule has 2 aromatic carbocycles. The monoisotopic (exact) mass is 353 g/mol. The van der Waals surface area contributed by atoms with Crippen molar-refractivity contribution < 1.29 is 0 Å². The van der Waals surface area contributed by atoms with E-state index in [1.165, 1.54) is 11.8 Å². The number of imidazole rings is 1. The lowest BCUT2D eigenvalue weighted by Crippen LogP contribution is -1.99. The molecule has 4 rings (SSSR count). The van der Waals surface area contributed by atoms with Crippen molar-refractivity contribution in [3.8, 4) is 11.5 Å². The lowest BCUT2D eigenvalue weighted by Gasteiger charge is -2.05. The average Bonchev–Trinajstić information content (AvgIpc) is 3.00. The largest absolute Gasteiger partial charge is 0.382 e. The highest BCUT2D eigenvalue weighted by Crippen LogP contribution is 2.30. The van der Waals surface area contributed by atoms with Crippen LogP contribution in [0.3, 0.4) is 0 Å². The molecule has 4 aromatic rings. The van der Waals surface area contributed by atoms with Gasteiger partial charge in [0.15, 0.2) is 11.6 Å². The van der Waals surface area contributed by atoms with Crippen molar-refractivity contribution in [1.82, 2.24) is 19.9 Å². The van der Waals surface area contributed by atoms with Crippen molar-refractivity contribution in [2.24, 2.45) is 0 Å². The van der Waals surface area contributed by atoms with Gasteiger partial charge in [-0.3, -0.25) is 0 Å². The number of aromatic nitrogens is 4. The lowest BCUT2D eigenvalue weighted by atomic mass is 10.3. The van der Waals surface area contributed by atoms with Gasteiger partial charge >= 0.3 is 0 Å². The average molecular weight is 354 g/mol. The number of para-hydroxylation sites is 2. The zero-order chi connectivity index (χ0) is 16.5. The third-order valence-corrected chi connectivity index (χ3v) is 4.54. The maximum atomic E-state index is 6.02. The van der Waals surface area contributed by atoms with E-state index in [4.69, 9.17) is 17.3 Å². The van der Waals surface area contributed by atoms with Gasteiger partial charge in [0.1, 0.15) is 10.7 Å². The summed E-state index contributed by atoms with van der Waals surface area (Å²) in [5.74, 6) is 0.944. The van der Waals surface area contributed by atoms with E-state index < -0.39 is 0 Å². The number of nitrogens with two attached hydrogens (primary N) is 1. The normalized spacial score (nSPS) is 11.0. The Bertz CT molecular complexity index is 997. The molecule has 0 spiro atoms. The van der Waals surface area contributed by atoms with Gasteiger partial charge in [0, 0.05) is 9.92 Å². The van der Waals surface area contributed by atoms with Crippen molar-refractivity contribution in [2.75, 3.05) is 5.73 Å². The molecule has 5 nitrogen and oxygen atoms in total. The molecule has 0 aliphatic carbocycles. The number of rotatable bonds is 3. The van der Waals surface area contributed by atoms with Crippen molar-refractivity contribution >= 4 is 40.2 Å². The Kier molecular flexibility index (Phi) is 3.84. The molecule has 24 heavy (non-hydrogen) atoms. The Labute approximate surface area is 147 Å². The summed E-state index contributed by atoms with van der Waals surface area (Å²) in [5.41, 5.74) is 8.33. The van der Waals surface area contributed by atoms with E-state index in [9.17, 15) is 0 Å². The van der Waals surface area contributed by atoms with E-state index in [0.29, 0.717) is 22.4 Å². The molecule has 0 radical (unpaired) electrons. The van der Waals surface area contributed by atoms with Crippen LogP contribution in [0.4, 0.5) is 5.82 Å². The first-order valence-corrected chi connectivity index (χ1v) is 8.39. The SMILES string of the molecule is Nc1ncc(Sc2cccc(Cl)c2)nc1-c1nc2ccccc2[nH]1. The van der Waals surface area contributed by atoms with E-state index in [1.54, 1.807) is 6.20 Å². The zero-order valence-corrected chi connectivity index (χ0v) is 14.0. The van der Waals surface area contributed by atoms with E-state index >= 15 is 0 Å². The van der Waals surface area contributed by atoms with Gasteiger partial charge in [-0.15, -0.1) is 0 Å². The number of halogens is 1. The van der Waals surface area contributed by atoms with Crippen LogP contribution < -0.4 is 5.73 Å². The second-order valence-electron chi connectivity index (χ2n) is 5.10. The minimum absolute atomic E-state index is 0.338. The third-order valence-electron chi connectivity index (χ3n) is 3.41. The molecule has 0 aliphatic heterocycles. The summed E-state index contributed by atoms with van der Waals surface area (Å²) in [6.45, 7) is 0. The maximum absolute atomic E-state index is 6.02. The standard InChI is InChI=1S/C17H12ClN5S/c18-10-4-3-5-11(8-10)24-14-9-20-16(19)15(23-14)17-21-12-6-1-2-7-13(12)22-17/h1-9H,(H2,19,20)(H,21,22). The van der Waals surface area contributed by atoms with Crippen molar-refractivity contribution in [3.05, 3.63) is 59.8 Å². The first kappa shape index (κ1) is 15.0. The second kappa shape index (κ2) is 6.14. The Morgan fingerprint density at radius 1 is 1.04 bits per heavy atom. The van der Waals surface area contributed by atoms with Gasteiger partial charge in [-0.25, -0.2) is 15.0 Å². The van der Waals surface area contributed by atoms with Crippen LogP contribution in [0.1, 0.15) is 0 Å². The van der Waals surface area contributed by atoms with Gasteiger partial charge in [0.05, 0.1) is 17.2 Å². The Hall–Kier alpha value is -2.57. The predicted molar refractivity (Wildman–Crippen MR) is 97.1 cm³/mol. The molecule has 118 valence electrons. The first-order chi connectivity index (χ1) is 11.7. The van der Waals surface area contributed by atoms with Crippen molar-refractivity contribution in [1.29, 1.82) is 0 Å². The number of H-pyrrole nitrogens is 1. The second-order valence-corrected chi connectivity index (χ2v) is 6.63. The van der Waals surface area contributed by atoms with E-state index in [0.717, 1.165) is 21.0 Å². The van der Waals surface area contributed by atoms with Gasteiger partial charge in [0.2, 0.25) is 0 Å². The highest BCUT2D eigenvalue weighted by molar-refractivity contribution is 7.99. The summed E-state index contributed by atoms with van der Waals surface area (Å²) in [4.78, 5) is 17.6. The number of nitrogen functional groups attached to an aromatic ring is 1. The molecule has 0 aliphatic rings. The Morgan fingerprint density at radius 3 is 2.75 bits per heavy atom. The smallest absolute Gasteiger partial charge is 0.161 e. The fourth-order valence-electron chi connectivity index (χ4n) is 2.32. The molecule has 0 saturated carbocycles. The molecular weight excluding hydrogens is 342 g/mol. The molecule has 3 N–H and O–H groups in total. The number of aromatic amines is 1. The van der Waals surface area contributed by atoms with Gasteiger partial charge < -0.3 is 10.7 Å². The quantitative estimate of drug-likeness (QED) is 0.570. The van der Waals surface area contributed by atoms with Crippen LogP contribution in [0.25, 0.3) is 22.6 Å². The van der Waals surface area contributed by atoms with Crippen LogP contribution in [0.2, 0.25) is 5.02 Å². The fourth-order valence-corrected chi connectivity index (χ4v) is 3.39. The number of anilines is 1. The van der Waals surface area contributed by atoms with Gasteiger partial charge in [0.25, 0.3) is 0 Å². The Morgan fingerprint density at radius 2 is 1.92 bits per heavy atom. The molecule has 0 atom stereocenters. The minimum atomic E-state index is 0.338. The summed E-state index contributed by atoms with van der Waals surface area (Å²) >= 11 is 7.50. The topological polar surface area (TPSA) is 80.5 Å².